The average molecular weight is 491 g/mol. The third kappa shape index (κ3) is 2.48. The SMILES string of the molecule is O=C1OC2(c3ccccc31)c1cc3c4c(c1Oc1c2cc2c5c1CCCN5CCC2)CCCN4CCC3. The van der Waals surface area contributed by atoms with Gasteiger partial charge in [0.25, 0.3) is 0 Å². The maximum Gasteiger partial charge on any atom is 0.340 e. The largest absolute Gasteiger partial charge is 0.456 e. The van der Waals surface area contributed by atoms with Crippen LogP contribution < -0.4 is 14.5 Å². The van der Waals surface area contributed by atoms with Crippen LogP contribution in [-0.4, -0.2) is 32.1 Å². The zero-order valence-corrected chi connectivity index (χ0v) is 21.1. The van der Waals surface area contributed by atoms with E-state index in [0.29, 0.717) is 5.56 Å². The number of fused-ring (bicyclic) bond motifs is 8. The Hall–Kier alpha value is -3.47. The zero-order chi connectivity index (χ0) is 24.3. The second-order valence-electron chi connectivity index (χ2n) is 11.6. The van der Waals surface area contributed by atoms with Gasteiger partial charge in [-0.05, 0) is 80.7 Å². The topological polar surface area (TPSA) is 42.0 Å². The first kappa shape index (κ1) is 20.6. The van der Waals surface area contributed by atoms with Crippen LogP contribution in [0.5, 0.6) is 11.5 Å². The van der Waals surface area contributed by atoms with Crippen molar-refractivity contribution in [3.63, 3.8) is 0 Å². The molecule has 0 unspecified atom stereocenters. The quantitative estimate of drug-likeness (QED) is 0.381. The second-order valence-corrected chi connectivity index (χ2v) is 11.6. The molecule has 5 heteroatoms. The highest BCUT2D eigenvalue weighted by atomic mass is 16.6. The van der Waals surface area contributed by atoms with Crippen LogP contribution in [0.1, 0.15) is 75.0 Å². The molecular weight excluding hydrogens is 460 g/mol. The standard InChI is InChI=1S/C32H30N2O3/c35-31-21-9-1-2-12-24(21)32(37-31)25-17-19-7-3-13-33-15-5-10-22(27(19)33)29(25)36-30-23-11-6-16-34-14-4-8-20(28(23)34)18-26(30)32/h1-2,9,12,17-18H,3-8,10-11,13-16H2. The van der Waals surface area contributed by atoms with Crippen LogP contribution in [-0.2, 0) is 36.0 Å². The number of ether oxygens (including phenoxy) is 2. The van der Waals surface area contributed by atoms with Gasteiger partial charge in [0.15, 0.2) is 5.60 Å². The molecule has 0 bridgehead atoms. The number of anilines is 2. The molecule has 5 nitrogen and oxygen atoms in total. The Balaban J connectivity index is 1.41. The maximum atomic E-state index is 13.5. The Kier molecular flexibility index (Phi) is 3.94. The zero-order valence-electron chi connectivity index (χ0n) is 21.1. The van der Waals surface area contributed by atoms with Crippen LogP contribution in [0.2, 0.25) is 0 Å². The molecule has 0 aliphatic carbocycles. The molecule has 0 saturated carbocycles. The van der Waals surface area contributed by atoms with Crippen molar-refractivity contribution < 1.29 is 14.3 Å². The van der Waals surface area contributed by atoms with Crippen molar-refractivity contribution in [2.24, 2.45) is 0 Å². The molecule has 3 aromatic carbocycles. The lowest BCUT2D eigenvalue weighted by atomic mass is 9.73. The number of esters is 1. The minimum absolute atomic E-state index is 0.226. The maximum absolute atomic E-state index is 13.5. The molecule has 1 spiro atoms. The van der Waals surface area contributed by atoms with Gasteiger partial charge < -0.3 is 19.3 Å². The summed E-state index contributed by atoms with van der Waals surface area (Å²) in [5.41, 5.74) is 11.0. The van der Waals surface area contributed by atoms with Crippen LogP contribution >= 0.6 is 0 Å². The minimum Gasteiger partial charge on any atom is -0.456 e. The Morgan fingerprint density at radius 3 is 1.81 bits per heavy atom. The number of hydrogen-bond acceptors (Lipinski definition) is 5. The number of benzene rings is 3. The molecule has 9 rings (SSSR count). The van der Waals surface area contributed by atoms with E-state index in [2.05, 4.69) is 28.0 Å². The monoisotopic (exact) mass is 490 g/mol. The predicted molar refractivity (Wildman–Crippen MR) is 142 cm³/mol. The van der Waals surface area contributed by atoms with Gasteiger partial charge in [0.05, 0.1) is 5.56 Å². The highest BCUT2D eigenvalue weighted by Gasteiger charge is 2.55. The number of nitrogens with zero attached hydrogens (tertiary/aromatic N) is 2. The summed E-state index contributed by atoms with van der Waals surface area (Å²) in [5, 5.41) is 0. The highest BCUT2D eigenvalue weighted by molar-refractivity contribution is 5.97. The van der Waals surface area contributed by atoms with Gasteiger partial charge in [0.2, 0.25) is 0 Å². The molecule has 6 aliphatic heterocycles. The van der Waals surface area contributed by atoms with Crippen LogP contribution in [0.15, 0.2) is 36.4 Å². The van der Waals surface area contributed by atoms with Crippen molar-refractivity contribution in [1.82, 2.24) is 0 Å². The van der Waals surface area contributed by atoms with Gasteiger partial charge in [-0.15, -0.1) is 0 Å². The number of hydrogen-bond donors (Lipinski definition) is 0. The van der Waals surface area contributed by atoms with E-state index in [0.717, 1.165) is 92.9 Å². The first-order chi connectivity index (χ1) is 18.2. The fourth-order valence-corrected chi connectivity index (χ4v) is 8.28. The first-order valence-corrected chi connectivity index (χ1v) is 14.1. The van der Waals surface area contributed by atoms with Crippen LogP contribution in [0, 0.1) is 0 Å². The van der Waals surface area contributed by atoms with Crippen molar-refractivity contribution >= 4 is 17.3 Å². The Morgan fingerprint density at radius 1 is 0.676 bits per heavy atom. The van der Waals surface area contributed by atoms with Crippen molar-refractivity contribution in [3.8, 4) is 11.5 Å². The van der Waals surface area contributed by atoms with Gasteiger partial charge in [-0.2, -0.15) is 0 Å². The molecule has 6 heterocycles. The number of rotatable bonds is 0. The molecule has 3 aromatic rings. The van der Waals surface area contributed by atoms with Crippen molar-refractivity contribution in [2.75, 3.05) is 36.0 Å². The molecule has 0 aromatic heterocycles. The van der Waals surface area contributed by atoms with E-state index in [1.54, 1.807) is 0 Å². The predicted octanol–water partition coefficient (Wildman–Crippen LogP) is 5.65. The molecule has 0 atom stereocenters. The van der Waals surface area contributed by atoms with Crippen molar-refractivity contribution in [3.05, 3.63) is 80.9 Å². The molecule has 0 fully saturated rings. The highest BCUT2D eigenvalue weighted by Crippen LogP contribution is 2.61. The lowest BCUT2D eigenvalue weighted by molar-refractivity contribution is 0.0222. The van der Waals surface area contributed by atoms with Gasteiger partial charge in [-0.1, -0.05) is 18.2 Å². The summed E-state index contributed by atoms with van der Waals surface area (Å²) < 4.78 is 13.7. The first-order valence-electron chi connectivity index (χ1n) is 14.1. The number of carbonyl (C=O) groups is 1. The summed E-state index contributed by atoms with van der Waals surface area (Å²) in [5.74, 6) is 1.67. The van der Waals surface area contributed by atoms with Gasteiger partial charge in [-0.25, -0.2) is 4.79 Å². The van der Waals surface area contributed by atoms with Gasteiger partial charge in [-0.3, -0.25) is 0 Å². The normalized spacial score (nSPS) is 21.4. The van der Waals surface area contributed by atoms with E-state index in [1.807, 2.05) is 18.2 Å². The average Bonchev–Trinajstić information content (AvgIpc) is 3.23. The molecule has 0 saturated heterocycles. The third-order valence-corrected chi connectivity index (χ3v) is 9.68. The summed E-state index contributed by atoms with van der Waals surface area (Å²) in [6.07, 6.45) is 8.74. The van der Waals surface area contributed by atoms with Crippen LogP contribution in [0.4, 0.5) is 11.4 Å². The fraction of sp³-hybridized carbons (Fsp3) is 0.406. The Labute approximate surface area is 217 Å². The summed E-state index contributed by atoms with van der Waals surface area (Å²) in [6.45, 7) is 4.47. The van der Waals surface area contributed by atoms with E-state index in [1.165, 1.54) is 46.5 Å². The molecule has 0 amide bonds. The summed E-state index contributed by atoms with van der Waals surface area (Å²) >= 11 is 0. The summed E-state index contributed by atoms with van der Waals surface area (Å²) in [7, 11) is 0. The molecular formula is C32H30N2O3. The van der Waals surface area contributed by atoms with Gasteiger partial charge in [0, 0.05) is 65.4 Å². The van der Waals surface area contributed by atoms with E-state index in [9.17, 15) is 4.79 Å². The number of aryl methyl sites for hydroxylation is 2. The van der Waals surface area contributed by atoms with Crippen LogP contribution in [0.3, 0.4) is 0 Å². The summed E-state index contributed by atoms with van der Waals surface area (Å²) in [6, 6.07) is 12.7. The van der Waals surface area contributed by atoms with Crippen LogP contribution in [0.25, 0.3) is 0 Å². The van der Waals surface area contributed by atoms with Gasteiger partial charge >= 0.3 is 5.97 Å². The third-order valence-electron chi connectivity index (χ3n) is 9.68. The minimum atomic E-state index is -0.951. The van der Waals surface area contributed by atoms with E-state index in [-0.39, 0.29) is 5.97 Å². The lowest BCUT2D eigenvalue weighted by Gasteiger charge is -2.45. The van der Waals surface area contributed by atoms with E-state index < -0.39 is 5.60 Å². The molecule has 0 radical (unpaired) electrons. The molecule has 6 aliphatic rings. The summed E-state index contributed by atoms with van der Waals surface area (Å²) in [4.78, 5) is 18.6. The Bertz CT molecular complexity index is 1450. The van der Waals surface area contributed by atoms with Crippen molar-refractivity contribution in [1.29, 1.82) is 0 Å². The second kappa shape index (κ2) is 7.09. The molecule has 186 valence electrons. The Morgan fingerprint density at radius 2 is 1.22 bits per heavy atom. The number of carbonyl (C=O) groups excluding carboxylic acids is 1. The smallest absolute Gasteiger partial charge is 0.340 e. The lowest BCUT2D eigenvalue weighted by Crippen LogP contribution is -2.40. The van der Waals surface area contributed by atoms with Gasteiger partial charge in [0.1, 0.15) is 11.5 Å². The molecule has 37 heavy (non-hydrogen) atoms. The fourth-order valence-electron chi connectivity index (χ4n) is 8.28. The van der Waals surface area contributed by atoms with Crippen molar-refractivity contribution in [2.45, 2.75) is 57.0 Å². The van der Waals surface area contributed by atoms with E-state index in [4.69, 9.17) is 9.47 Å². The van der Waals surface area contributed by atoms with E-state index >= 15 is 0 Å². The molecule has 0 N–H and O–H groups in total.